The number of halogens is 7. The van der Waals surface area contributed by atoms with Gasteiger partial charge in [0.25, 0.3) is 5.91 Å². The number of carbonyl (C=O) groups is 2. The molecule has 0 atom stereocenters. The number of carbonyl (C=O) groups excluding carboxylic acids is 2. The highest BCUT2D eigenvalue weighted by molar-refractivity contribution is 6.31. The second-order valence-corrected chi connectivity index (χ2v) is 6.24. The molecule has 0 aliphatic carbocycles. The minimum absolute atomic E-state index is 0.191. The fourth-order valence-electron chi connectivity index (χ4n) is 2.22. The van der Waals surface area contributed by atoms with E-state index in [1.165, 1.54) is 7.05 Å². The van der Waals surface area contributed by atoms with Gasteiger partial charge in [0.15, 0.2) is 0 Å². The van der Waals surface area contributed by atoms with Crippen LogP contribution in [0.15, 0.2) is 36.5 Å². The second kappa shape index (κ2) is 8.27. The molecule has 0 bridgehead atoms. The smallest absolute Gasteiger partial charge is 0.332 e. The zero-order valence-corrected chi connectivity index (χ0v) is 15.3. The van der Waals surface area contributed by atoms with Crippen molar-refractivity contribution in [3.63, 3.8) is 0 Å². The van der Waals surface area contributed by atoms with Gasteiger partial charge in [-0.1, -0.05) is 11.6 Å². The molecule has 0 fully saturated rings. The quantitative estimate of drug-likeness (QED) is 0.714. The van der Waals surface area contributed by atoms with Gasteiger partial charge in [-0.15, -0.1) is 0 Å². The van der Waals surface area contributed by atoms with Crippen molar-refractivity contribution < 1.29 is 35.9 Å². The molecular formula is C17H12ClF6N3O2. The highest BCUT2D eigenvalue weighted by Crippen LogP contribution is 2.36. The molecule has 156 valence electrons. The largest absolute Gasteiger partial charge is 0.433 e. The van der Waals surface area contributed by atoms with Gasteiger partial charge in [0, 0.05) is 18.9 Å². The van der Waals surface area contributed by atoms with Crippen molar-refractivity contribution >= 4 is 29.1 Å². The summed E-state index contributed by atoms with van der Waals surface area (Å²) in [6.07, 6.45) is -8.67. The lowest BCUT2D eigenvalue weighted by atomic mass is 10.2. The number of pyridine rings is 1. The zero-order chi connectivity index (χ0) is 22.0. The van der Waals surface area contributed by atoms with E-state index in [4.69, 9.17) is 11.6 Å². The first kappa shape index (κ1) is 22.5. The Labute approximate surface area is 165 Å². The van der Waals surface area contributed by atoms with Gasteiger partial charge in [-0.05, 0) is 30.3 Å². The van der Waals surface area contributed by atoms with Crippen molar-refractivity contribution in [2.24, 2.45) is 0 Å². The standard InChI is InChI=1S/C17H12ClF6N3O2/c1-27(15(29)9-2-5-13(25-7-9)17(22,23)24)8-14(28)26-10-3-4-12(18)11(6-10)16(19,20)21/h2-7H,8H2,1H3,(H,26,28). The summed E-state index contributed by atoms with van der Waals surface area (Å²) in [5, 5.41) is 1.65. The molecule has 1 aromatic carbocycles. The van der Waals surface area contributed by atoms with Crippen LogP contribution in [0.4, 0.5) is 32.0 Å². The topological polar surface area (TPSA) is 62.3 Å². The number of alkyl halides is 6. The van der Waals surface area contributed by atoms with Gasteiger partial charge in [0.1, 0.15) is 5.69 Å². The molecule has 2 aromatic rings. The first-order valence-electron chi connectivity index (χ1n) is 7.74. The van der Waals surface area contributed by atoms with Crippen LogP contribution >= 0.6 is 11.6 Å². The molecule has 1 heterocycles. The van der Waals surface area contributed by atoms with Crippen molar-refractivity contribution in [3.05, 3.63) is 58.4 Å². The monoisotopic (exact) mass is 439 g/mol. The van der Waals surface area contributed by atoms with Gasteiger partial charge in [0.05, 0.1) is 22.7 Å². The lowest BCUT2D eigenvalue weighted by Crippen LogP contribution is -2.35. The number of amides is 2. The van der Waals surface area contributed by atoms with Crippen molar-refractivity contribution in [3.8, 4) is 0 Å². The van der Waals surface area contributed by atoms with Crippen LogP contribution in [-0.2, 0) is 17.1 Å². The Bertz CT molecular complexity index is 913. The van der Waals surface area contributed by atoms with Gasteiger partial charge < -0.3 is 10.2 Å². The molecule has 5 nitrogen and oxygen atoms in total. The van der Waals surface area contributed by atoms with Crippen molar-refractivity contribution in [2.45, 2.75) is 12.4 Å². The summed E-state index contributed by atoms with van der Waals surface area (Å²) in [6, 6.07) is 4.27. The zero-order valence-electron chi connectivity index (χ0n) is 14.5. The molecule has 0 aliphatic rings. The Morgan fingerprint density at radius 2 is 1.72 bits per heavy atom. The average Bonchev–Trinajstić information content (AvgIpc) is 2.61. The van der Waals surface area contributed by atoms with Gasteiger partial charge in [-0.3, -0.25) is 14.6 Å². The lowest BCUT2D eigenvalue weighted by Gasteiger charge is -2.17. The van der Waals surface area contributed by atoms with E-state index in [2.05, 4.69) is 10.3 Å². The maximum absolute atomic E-state index is 12.8. The number of benzene rings is 1. The number of likely N-dealkylation sites (N-methyl/N-ethyl adjacent to an activating group) is 1. The average molecular weight is 440 g/mol. The summed E-state index contributed by atoms with van der Waals surface area (Å²) < 4.78 is 76.0. The van der Waals surface area contributed by atoms with E-state index in [0.717, 1.165) is 23.1 Å². The second-order valence-electron chi connectivity index (χ2n) is 5.83. The maximum Gasteiger partial charge on any atom is 0.433 e. The van der Waals surface area contributed by atoms with Crippen molar-refractivity contribution in [1.29, 1.82) is 0 Å². The van der Waals surface area contributed by atoms with Crippen LogP contribution in [0.3, 0.4) is 0 Å². The molecule has 0 aliphatic heterocycles. The van der Waals surface area contributed by atoms with E-state index in [0.29, 0.717) is 18.3 Å². The maximum atomic E-state index is 12.8. The fourth-order valence-corrected chi connectivity index (χ4v) is 2.44. The van der Waals surface area contributed by atoms with E-state index < -0.39 is 47.0 Å². The van der Waals surface area contributed by atoms with Crippen LogP contribution in [0.1, 0.15) is 21.6 Å². The molecule has 1 aromatic heterocycles. The predicted molar refractivity (Wildman–Crippen MR) is 91.3 cm³/mol. The number of nitrogens with zero attached hydrogens (tertiary/aromatic N) is 2. The van der Waals surface area contributed by atoms with Gasteiger partial charge in [-0.25, -0.2) is 0 Å². The fraction of sp³-hybridized carbons (Fsp3) is 0.235. The third-order valence-corrected chi connectivity index (χ3v) is 3.91. The third-order valence-electron chi connectivity index (χ3n) is 3.58. The van der Waals surface area contributed by atoms with E-state index in [9.17, 15) is 35.9 Å². The molecule has 1 N–H and O–H groups in total. The Balaban J connectivity index is 2.04. The summed E-state index contributed by atoms with van der Waals surface area (Å²) in [5.74, 6) is -1.62. The Morgan fingerprint density at radius 1 is 1.07 bits per heavy atom. The Morgan fingerprint density at radius 3 is 2.24 bits per heavy atom. The summed E-state index contributed by atoms with van der Waals surface area (Å²) >= 11 is 5.49. The first-order valence-corrected chi connectivity index (χ1v) is 8.12. The molecule has 0 spiro atoms. The lowest BCUT2D eigenvalue weighted by molar-refractivity contribution is -0.141. The van der Waals surface area contributed by atoms with Crippen molar-refractivity contribution in [1.82, 2.24) is 9.88 Å². The van der Waals surface area contributed by atoms with Crippen LogP contribution in [-0.4, -0.2) is 35.3 Å². The number of nitrogens with one attached hydrogen (secondary N) is 1. The number of aromatic nitrogens is 1. The molecule has 0 radical (unpaired) electrons. The molecule has 29 heavy (non-hydrogen) atoms. The normalized spacial score (nSPS) is 11.9. The Kier molecular flexibility index (Phi) is 6.41. The van der Waals surface area contributed by atoms with E-state index in [1.807, 2.05) is 0 Å². The minimum Gasteiger partial charge on any atom is -0.332 e. The van der Waals surface area contributed by atoms with Gasteiger partial charge in [-0.2, -0.15) is 26.3 Å². The number of rotatable bonds is 4. The SMILES string of the molecule is CN(CC(=O)Nc1ccc(Cl)c(C(F)(F)F)c1)C(=O)c1ccc(C(F)(F)F)nc1. The Hall–Kier alpha value is -2.82. The van der Waals surface area contributed by atoms with E-state index in [-0.39, 0.29) is 11.3 Å². The molecule has 2 rings (SSSR count). The van der Waals surface area contributed by atoms with Crippen LogP contribution in [0.25, 0.3) is 0 Å². The van der Waals surface area contributed by atoms with Gasteiger partial charge in [0.2, 0.25) is 5.91 Å². The highest BCUT2D eigenvalue weighted by Gasteiger charge is 2.34. The minimum atomic E-state index is -4.72. The highest BCUT2D eigenvalue weighted by atomic mass is 35.5. The van der Waals surface area contributed by atoms with Crippen LogP contribution in [0.2, 0.25) is 5.02 Å². The molecule has 0 saturated carbocycles. The molecular weight excluding hydrogens is 428 g/mol. The number of hydrogen-bond donors (Lipinski definition) is 1. The van der Waals surface area contributed by atoms with E-state index in [1.54, 1.807) is 0 Å². The van der Waals surface area contributed by atoms with Crippen LogP contribution < -0.4 is 5.32 Å². The number of anilines is 1. The summed E-state index contributed by atoms with van der Waals surface area (Å²) in [6.45, 7) is -0.566. The predicted octanol–water partition coefficient (Wildman–Crippen LogP) is 4.48. The number of hydrogen-bond acceptors (Lipinski definition) is 3. The third kappa shape index (κ3) is 5.83. The van der Waals surface area contributed by atoms with Crippen LogP contribution in [0, 0.1) is 0 Å². The first-order chi connectivity index (χ1) is 13.3. The molecule has 0 unspecified atom stereocenters. The van der Waals surface area contributed by atoms with Gasteiger partial charge >= 0.3 is 12.4 Å². The van der Waals surface area contributed by atoms with Crippen molar-refractivity contribution in [2.75, 3.05) is 18.9 Å². The molecule has 0 saturated heterocycles. The molecule has 12 heteroatoms. The summed E-state index contributed by atoms with van der Waals surface area (Å²) in [7, 11) is 1.20. The van der Waals surface area contributed by atoms with Crippen LogP contribution in [0.5, 0.6) is 0 Å². The summed E-state index contributed by atoms with van der Waals surface area (Å²) in [5.41, 5.74) is -2.71. The van der Waals surface area contributed by atoms with E-state index >= 15 is 0 Å². The molecule has 2 amide bonds. The summed E-state index contributed by atoms with van der Waals surface area (Å²) in [4.78, 5) is 28.2.